The standard InChI is InChI=1S/C15H16BrFN2O/c1-10(2)19-9-11-4-3-7-18-15(11)20-12-5-6-13(16)14(17)8-12/h3-8,10,19H,9H2,1-2H3. The number of halogens is 2. The van der Waals surface area contributed by atoms with Crippen LogP contribution < -0.4 is 10.1 Å². The Morgan fingerprint density at radius 1 is 1.35 bits per heavy atom. The number of hydrogen-bond donors (Lipinski definition) is 1. The van der Waals surface area contributed by atoms with Crippen molar-refractivity contribution >= 4 is 15.9 Å². The van der Waals surface area contributed by atoms with Crippen molar-refractivity contribution in [1.82, 2.24) is 10.3 Å². The van der Waals surface area contributed by atoms with Crippen molar-refractivity contribution in [3.05, 3.63) is 52.4 Å². The summed E-state index contributed by atoms with van der Waals surface area (Å²) < 4.78 is 19.6. The highest BCUT2D eigenvalue weighted by molar-refractivity contribution is 9.10. The molecule has 0 unspecified atom stereocenters. The monoisotopic (exact) mass is 338 g/mol. The van der Waals surface area contributed by atoms with Crippen molar-refractivity contribution in [2.75, 3.05) is 0 Å². The van der Waals surface area contributed by atoms with Crippen LogP contribution in [-0.2, 0) is 6.54 Å². The molecule has 1 N–H and O–H groups in total. The molecule has 20 heavy (non-hydrogen) atoms. The number of ether oxygens (including phenoxy) is 1. The van der Waals surface area contributed by atoms with E-state index in [1.807, 2.05) is 12.1 Å². The molecule has 0 saturated heterocycles. The fourth-order valence-electron chi connectivity index (χ4n) is 1.62. The Balaban J connectivity index is 2.17. The van der Waals surface area contributed by atoms with Crippen LogP contribution in [0.15, 0.2) is 41.0 Å². The SMILES string of the molecule is CC(C)NCc1cccnc1Oc1ccc(Br)c(F)c1. The molecule has 1 aromatic carbocycles. The summed E-state index contributed by atoms with van der Waals surface area (Å²) in [6.07, 6.45) is 1.66. The van der Waals surface area contributed by atoms with Crippen LogP contribution >= 0.6 is 15.9 Å². The van der Waals surface area contributed by atoms with Crippen LogP contribution in [0, 0.1) is 5.82 Å². The second-order valence-corrected chi connectivity index (χ2v) is 5.54. The summed E-state index contributed by atoms with van der Waals surface area (Å²) in [7, 11) is 0. The Morgan fingerprint density at radius 2 is 2.15 bits per heavy atom. The summed E-state index contributed by atoms with van der Waals surface area (Å²) in [5, 5.41) is 3.31. The van der Waals surface area contributed by atoms with Gasteiger partial charge in [0.05, 0.1) is 4.47 Å². The highest BCUT2D eigenvalue weighted by Gasteiger charge is 2.08. The van der Waals surface area contributed by atoms with Gasteiger partial charge in [0, 0.05) is 30.4 Å². The average molecular weight is 339 g/mol. The maximum absolute atomic E-state index is 13.5. The Kier molecular flexibility index (Phi) is 5.09. The molecule has 0 aliphatic heterocycles. The quantitative estimate of drug-likeness (QED) is 0.883. The number of nitrogens with zero attached hydrogens (tertiary/aromatic N) is 1. The maximum Gasteiger partial charge on any atom is 0.223 e. The third-order valence-corrected chi connectivity index (χ3v) is 3.30. The Labute approximate surface area is 126 Å². The molecule has 0 atom stereocenters. The molecule has 3 nitrogen and oxygen atoms in total. The van der Waals surface area contributed by atoms with E-state index < -0.39 is 0 Å². The lowest BCUT2D eigenvalue weighted by Gasteiger charge is -2.12. The molecular weight excluding hydrogens is 323 g/mol. The summed E-state index contributed by atoms with van der Waals surface area (Å²) in [6.45, 7) is 4.79. The van der Waals surface area contributed by atoms with Gasteiger partial charge < -0.3 is 10.1 Å². The lowest BCUT2D eigenvalue weighted by atomic mass is 10.2. The van der Waals surface area contributed by atoms with Gasteiger partial charge in [-0.1, -0.05) is 19.9 Å². The van der Waals surface area contributed by atoms with Crippen LogP contribution in [0.3, 0.4) is 0 Å². The first-order valence-corrected chi connectivity index (χ1v) is 7.15. The van der Waals surface area contributed by atoms with Crippen molar-refractivity contribution in [3.8, 4) is 11.6 Å². The Hall–Kier alpha value is -1.46. The third-order valence-electron chi connectivity index (χ3n) is 2.66. The molecule has 0 radical (unpaired) electrons. The fourth-order valence-corrected chi connectivity index (χ4v) is 1.86. The van der Waals surface area contributed by atoms with Crippen molar-refractivity contribution in [2.24, 2.45) is 0 Å². The maximum atomic E-state index is 13.5. The van der Waals surface area contributed by atoms with Crippen LogP contribution in [0.2, 0.25) is 0 Å². The van der Waals surface area contributed by atoms with E-state index in [1.54, 1.807) is 18.3 Å². The van der Waals surface area contributed by atoms with Crippen molar-refractivity contribution in [3.63, 3.8) is 0 Å². The second kappa shape index (κ2) is 6.81. The van der Waals surface area contributed by atoms with E-state index in [9.17, 15) is 4.39 Å². The summed E-state index contributed by atoms with van der Waals surface area (Å²) in [4.78, 5) is 4.21. The van der Waals surface area contributed by atoms with Crippen LogP contribution in [0.1, 0.15) is 19.4 Å². The molecule has 106 valence electrons. The van der Waals surface area contributed by atoms with Gasteiger partial charge in [0.1, 0.15) is 11.6 Å². The van der Waals surface area contributed by atoms with Crippen molar-refractivity contribution in [1.29, 1.82) is 0 Å². The zero-order valence-electron chi connectivity index (χ0n) is 11.4. The van der Waals surface area contributed by atoms with E-state index in [4.69, 9.17) is 4.74 Å². The number of hydrogen-bond acceptors (Lipinski definition) is 3. The van der Waals surface area contributed by atoms with Gasteiger partial charge in [-0.15, -0.1) is 0 Å². The number of aromatic nitrogens is 1. The largest absolute Gasteiger partial charge is 0.439 e. The van der Waals surface area contributed by atoms with Gasteiger partial charge in [0.2, 0.25) is 5.88 Å². The van der Waals surface area contributed by atoms with Gasteiger partial charge in [-0.3, -0.25) is 0 Å². The molecule has 0 saturated carbocycles. The van der Waals surface area contributed by atoms with Gasteiger partial charge in [0.15, 0.2) is 0 Å². The fraction of sp³-hybridized carbons (Fsp3) is 0.267. The molecule has 0 spiro atoms. The Bertz CT molecular complexity index is 590. The van der Waals surface area contributed by atoms with Crippen molar-refractivity contribution in [2.45, 2.75) is 26.4 Å². The predicted octanol–water partition coefficient (Wildman–Crippen LogP) is 4.27. The van der Waals surface area contributed by atoms with E-state index in [2.05, 4.69) is 40.1 Å². The highest BCUT2D eigenvalue weighted by atomic mass is 79.9. The van der Waals surface area contributed by atoms with Gasteiger partial charge in [-0.25, -0.2) is 9.37 Å². The third kappa shape index (κ3) is 4.02. The summed E-state index contributed by atoms with van der Waals surface area (Å²) in [5.41, 5.74) is 0.935. The number of rotatable bonds is 5. The van der Waals surface area contributed by atoms with E-state index in [1.165, 1.54) is 6.07 Å². The molecule has 1 aromatic heterocycles. The van der Waals surface area contributed by atoms with Crippen LogP contribution in [0.5, 0.6) is 11.6 Å². The van der Waals surface area contributed by atoms with E-state index >= 15 is 0 Å². The first kappa shape index (κ1) is 14.9. The van der Waals surface area contributed by atoms with Crippen LogP contribution in [-0.4, -0.2) is 11.0 Å². The summed E-state index contributed by atoms with van der Waals surface area (Å²) in [5.74, 6) is 0.554. The zero-order valence-corrected chi connectivity index (χ0v) is 12.9. The summed E-state index contributed by atoms with van der Waals surface area (Å²) >= 11 is 3.11. The summed E-state index contributed by atoms with van der Waals surface area (Å²) in [6, 6.07) is 8.80. The first-order chi connectivity index (χ1) is 9.56. The molecule has 0 fully saturated rings. The van der Waals surface area contributed by atoms with Crippen LogP contribution in [0.25, 0.3) is 0 Å². The van der Waals surface area contributed by atoms with E-state index in [-0.39, 0.29) is 5.82 Å². The topological polar surface area (TPSA) is 34.2 Å². The minimum Gasteiger partial charge on any atom is -0.439 e. The van der Waals surface area contributed by atoms with Gasteiger partial charge >= 0.3 is 0 Å². The average Bonchev–Trinajstić information content (AvgIpc) is 2.42. The molecule has 0 amide bonds. The Morgan fingerprint density at radius 3 is 2.85 bits per heavy atom. The zero-order chi connectivity index (χ0) is 14.5. The molecule has 0 bridgehead atoms. The lowest BCUT2D eigenvalue weighted by Crippen LogP contribution is -2.22. The van der Waals surface area contributed by atoms with Gasteiger partial charge in [-0.2, -0.15) is 0 Å². The molecule has 1 heterocycles. The number of nitrogens with one attached hydrogen (secondary N) is 1. The number of benzene rings is 1. The minimum atomic E-state index is -0.361. The molecule has 2 rings (SSSR count). The normalized spacial score (nSPS) is 10.8. The number of pyridine rings is 1. The first-order valence-electron chi connectivity index (χ1n) is 6.36. The van der Waals surface area contributed by atoms with Gasteiger partial charge in [0.25, 0.3) is 0 Å². The highest BCUT2D eigenvalue weighted by Crippen LogP contribution is 2.26. The van der Waals surface area contributed by atoms with Gasteiger partial charge in [-0.05, 0) is 34.1 Å². The molecule has 5 heteroatoms. The lowest BCUT2D eigenvalue weighted by molar-refractivity contribution is 0.446. The van der Waals surface area contributed by atoms with Crippen LogP contribution in [0.4, 0.5) is 4.39 Å². The minimum absolute atomic E-state index is 0.361. The van der Waals surface area contributed by atoms with E-state index in [0.29, 0.717) is 28.7 Å². The molecular formula is C15H16BrFN2O. The smallest absolute Gasteiger partial charge is 0.223 e. The molecule has 0 aliphatic rings. The van der Waals surface area contributed by atoms with E-state index in [0.717, 1.165) is 5.56 Å². The predicted molar refractivity (Wildman–Crippen MR) is 80.4 cm³/mol. The van der Waals surface area contributed by atoms with Crippen molar-refractivity contribution < 1.29 is 9.13 Å². The molecule has 0 aliphatic carbocycles. The molecule has 2 aromatic rings. The second-order valence-electron chi connectivity index (χ2n) is 4.68.